The minimum absolute atomic E-state index is 0.0684. The summed E-state index contributed by atoms with van der Waals surface area (Å²) in [5.74, 6) is -0.147. The lowest BCUT2D eigenvalue weighted by Crippen LogP contribution is -2.34. The van der Waals surface area contributed by atoms with Crippen molar-refractivity contribution in [3.8, 4) is 0 Å². The molecule has 5 nitrogen and oxygen atoms in total. The maximum atomic E-state index is 12.5. The molecule has 0 heterocycles. The third-order valence-electron chi connectivity index (χ3n) is 3.51. The van der Waals surface area contributed by atoms with Gasteiger partial charge >= 0.3 is 6.03 Å². The Hall–Kier alpha value is -2.47. The van der Waals surface area contributed by atoms with Crippen LogP contribution >= 0.6 is 11.8 Å². The number of thioether (sulfide) groups is 1. The summed E-state index contributed by atoms with van der Waals surface area (Å²) < 4.78 is 0. The average molecular weight is 357 g/mol. The molecule has 0 fully saturated rings. The molecule has 0 aliphatic heterocycles. The lowest BCUT2D eigenvalue weighted by molar-refractivity contribution is 0.102. The molecule has 0 bridgehead atoms. The van der Waals surface area contributed by atoms with E-state index in [0.717, 1.165) is 10.5 Å². The van der Waals surface area contributed by atoms with Gasteiger partial charge in [0.05, 0.1) is 0 Å². The summed E-state index contributed by atoms with van der Waals surface area (Å²) in [6.45, 7) is 5.71. The standard InChI is InChI=1S/C19H23N3O2S/c1-12(2)20-19(24)22-15-8-6-14(7-9-15)21-18(23)17-11-16(25-4)10-5-13(17)3/h5-12H,1-4H3,(H,21,23)(H2,20,22,24). The highest BCUT2D eigenvalue weighted by atomic mass is 32.2. The maximum Gasteiger partial charge on any atom is 0.319 e. The summed E-state index contributed by atoms with van der Waals surface area (Å²) in [5.41, 5.74) is 2.93. The van der Waals surface area contributed by atoms with Crippen LogP contribution in [0, 0.1) is 6.92 Å². The quantitative estimate of drug-likeness (QED) is 0.690. The van der Waals surface area contributed by atoms with Crippen LogP contribution in [0.5, 0.6) is 0 Å². The molecule has 0 unspecified atom stereocenters. The lowest BCUT2D eigenvalue weighted by atomic mass is 10.1. The van der Waals surface area contributed by atoms with Crippen LogP contribution in [0.1, 0.15) is 29.8 Å². The van der Waals surface area contributed by atoms with Gasteiger partial charge < -0.3 is 16.0 Å². The largest absolute Gasteiger partial charge is 0.336 e. The number of benzene rings is 2. The van der Waals surface area contributed by atoms with Gasteiger partial charge in [-0.1, -0.05) is 6.07 Å². The number of aryl methyl sites for hydroxylation is 1. The number of anilines is 2. The van der Waals surface area contributed by atoms with Gasteiger partial charge in [0.25, 0.3) is 5.91 Å². The van der Waals surface area contributed by atoms with Gasteiger partial charge in [-0.2, -0.15) is 0 Å². The predicted molar refractivity (Wildman–Crippen MR) is 105 cm³/mol. The van der Waals surface area contributed by atoms with Crippen molar-refractivity contribution in [2.75, 3.05) is 16.9 Å². The number of nitrogens with one attached hydrogen (secondary N) is 3. The molecule has 3 amide bonds. The van der Waals surface area contributed by atoms with E-state index in [1.54, 1.807) is 36.0 Å². The fourth-order valence-electron chi connectivity index (χ4n) is 2.24. The van der Waals surface area contributed by atoms with Crippen molar-refractivity contribution in [2.45, 2.75) is 31.7 Å². The minimum atomic E-state index is -0.253. The van der Waals surface area contributed by atoms with Crippen LogP contribution < -0.4 is 16.0 Å². The van der Waals surface area contributed by atoms with Gasteiger partial charge in [-0.15, -0.1) is 11.8 Å². The van der Waals surface area contributed by atoms with Crippen LogP contribution in [0.2, 0.25) is 0 Å². The van der Waals surface area contributed by atoms with E-state index in [0.29, 0.717) is 16.9 Å². The number of rotatable bonds is 5. The van der Waals surface area contributed by atoms with Gasteiger partial charge in [0.2, 0.25) is 0 Å². The van der Waals surface area contributed by atoms with Crippen molar-refractivity contribution in [3.05, 3.63) is 53.6 Å². The Kier molecular flexibility index (Phi) is 6.47. The Morgan fingerprint density at radius 3 is 2.12 bits per heavy atom. The van der Waals surface area contributed by atoms with Crippen molar-refractivity contribution in [2.24, 2.45) is 0 Å². The van der Waals surface area contributed by atoms with Gasteiger partial charge in [-0.05, 0) is 69.0 Å². The van der Waals surface area contributed by atoms with Crippen molar-refractivity contribution in [1.29, 1.82) is 0 Å². The molecule has 0 atom stereocenters. The first-order valence-corrected chi connectivity index (χ1v) is 9.25. The Bertz CT molecular complexity index is 758. The van der Waals surface area contributed by atoms with Crippen LogP contribution in [-0.4, -0.2) is 24.2 Å². The van der Waals surface area contributed by atoms with E-state index in [-0.39, 0.29) is 18.0 Å². The molecule has 0 aliphatic rings. The monoisotopic (exact) mass is 357 g/mol. The normalized spacial score (nSPS) is 10.4. The van der Waals surface area contributed by atoms with E-state index in [4.69, 9.17) is 0 Å². The Morgan fingerprint density at radius 2 is 1.56 bits per heavy atom. The molecule has 0 saturated carbocycles. The molecule has 2 aromatic rings. The molecule has 132 valence electrons. The zero-order chi connectivity index (χ0) is 18.4. The van der Waals surface area contributed by atoms with E-state index >= 15 is 0 Å². The fourth-order valence-corrected chi connectivity index (χ4v) is 2.68. The van der Waals surface area contributed by atoms with Crippen molar-refractivity contribution in [3.63, 3.8) is 0 Å². The SMILES string of the molecule is CSc1ccc(C)c(C(=O)Nc2ccc(NC(=O)NC(C)C)cc2)c1. The van der Waals surface area contributed by atoms with Crippen LogP contribution in [-0.2, 0) is 0 Å². The molecule has 25 heavy (non-hydrogen) atoms. The first-order valence-electron chi connectivity index (χ1n) is 8.02. The van der Waals surface area contributed by atoms with E-state index in [9.17, 15) is 9.59 Å². The number of urea groups is 1. The molecular weight excluding hydrogens is 334 g/mol. The van der Waals surface area contributed by atoms with Gasteiger partial charge in [-0.3, -0.25) is 4.79 Å². The van der Waals surface area contributed by atoms with Crippen molar-refractivity contribution < 1.29 is 9.59 Å². The van der Waals surface area contributed by atoms with E-state index < -0.39 is 0 Å². The summed E-state index contributed by atoms with van der Waals surface area (Å²) >= 11 is 1.60. The van der Waals surface area contributed by atoms with E-state index in [1.165, 1.54) is 0 Å². The summed E-state index contributed by atoms with van der Waals surface area (Å²) in [6, 6.07) is 12.7. The molecule has 3 N–H and O–H groups in total. The van der Waals surface area contributed by atoms with Gasteiger partial charge in [0.1, 0.15) is 0 Å². The average Bonchev–Trinajstić information content (AvgIpc) is 2.56. The second-order valence-corrected chi connectivity index (χ2v) is 6.85. The van der Waals surface area contributed by atoms with Crippen molar-refractivity contribution >= 4 is 35.1 Å². The molecular formula is C19H23N3O2S. The molecule has 2 aromatic carbocycles. The van der Waals surface area contributed by atoms with Crippen LogP contribution in [0.25, 0.3) is 0 Å². The molecule has 0 aliphatic carbocycles. The third kappa shape index (κ3) is 5.53. The van der Waals surface area contributed by atoms with E-state index in [1.807, 2.05) is 45.2 Å². The second-order valence-electron chi connectivity index (χ2n) is 5.97. The van der Waals surface area contributed by atoms with Crippen LogP contribution in [0.4, 0.5) is 16.2 Å². The van der Waals surface area contributed by atoms with Crippen LogP contribution in [0.15, 0.2) is 47.4 Å². The summed E-state index contributed by atoms with van der Waals surface area (Å²) in [4.78, 5) is 25.2. The third-order valence-corrected chi connectivity index (χ3v) is 4.24. The fraction of sp³-hybridized carbons (Fsp3) is 0.263. The summed E-state index contributed by atoms with van der Waals surface area (Å²) in [5, 5.41) is 8.39. The van der Waals surface area contributed by atoms with Crippen LogP contribution in [0.3, 0.4) is 0 Å². The zero-order valence-electron chi connectivity index (χ0n) is 14.8. The smallest absolute Gasteiger partial charge is 0.319 e. The first kappa shape index (κ1) is 18.9. The molecule has 0 spiro atoms. The molecule has 2 rings (SSSR count). The van der Waals surface area contributed by atoms with Gasteiger partial charge in [0, 0.05) is 27.9 Å². The predicted octanol–water partition coefficient (Wildman–Crippen LogP) is 4.50. The van der Waals surface area contributed by atoms with E-state index in [2.05, 4.69) is 16.0 Å². The van der Waals surface area contributed by atoms with Crippen molar-refractivity contribution in [1.82, 2.24) is 5.32 Å². The topological polar surface area (TPSA) is 70.2 Å². The Morgan fingerprint density at radius 1 is 0.960 bits per heavy atom. The Balaban J connectivity index is 2.03. The summed E-state index contributed by atoms with van der Waals surface area (Å²) in [7, 11) is 0. The number of carbonyl (C=O) groups is 2. The second kappa shape index (κ2) is 8.58. The minimum Gasteiger partial charge on any atom is -0.336 e. The first-order chi connectivity index (χ1) is 11.9. The number of carbonyl (C=O) groups excluding carboxylic acids is 2. The number of amides is 3. The van der Waals surface area contributed by atoms with Gasteiger partial charge in [0.15, 0.2) is 0 Å². The molecule has 6 heteroatoms. The number of hydrogen-bond donors (Lipinski definition) is 3. The Labute approximate surface area is 152 Å². The highest BCUT2D eigenvalue weighted by Crippen LogP contribution is 2.21. The number of hydrogen-bond acceptors (Lipinski definition) is 3. The molecule has 0 saturated heterocycles. The molecule has 0 aromatic heterocycles. The maximum absolute atomic E-state index is 12.5. The summed E-state index contributed by atoms with van der Waals surface area (Å²) in [6.07, 6.45) is 1.98. The van der Waals surface area contributed by atoms with Gasteiger partial charge in [-0.25, -0.2) is 4.79 Å². The molecule has 0 radical (unpaired) electrons. The zero-order valence-corrected chi connectivity index (χ0v) is 15.7. The highest BCUT2D eigenvalue weighted by molar-refractivity contribution is 7.98. The lowest BCUT2D eigenvalue weighted by Gasteiger charge is -2.11. The highest BCUT2D eigenvalue weighted by Gasteiger charge is 2.10.